The summed E-state index contributed by atoms with van der Waals surface area (Å²) in [5.74, 6) is 0. The molecule has 2 atom stereocenters. The summed E-state index contributed by atoms with van der Waals surface area (Å²) < 4.78 is 30.1. The maximum Gasteiger partial charge on any atom is 0.275 e. The molecule has 2 unspecified atom stereocenters. The van der Waals surface area contributed by atoms with Crippen LogP contribution in [-0.2, 0) is 10.1 Å². The normalized spacial score (nSPS) is 34.5. The molecule has 0 aromatic heterocycles. The smallest absolute Gasteiger partial charge is 0.275 e. The van der Waals surface area contributed by atoms with Crippen molar-refractivity contribution in [3.63, 3.8) is 0 Å². The Kier molecular flexibility index (Phi) is 2.75. The molecule has 0 spiro atoms. The fraction of sp³-hybridized carbons (Fsp3) is 0.333. The molecule has 0 heterocycles. The van der Waals surface area contributed by atoms with E-state index < -0.39 is 20.4 Å². The van der Waals surface area contributed by atoms with Gasteiger partial charge in [0.25, 0.3) is 10.1 Å². The van der Waals surface area contributed by atoms with Gasteiger partial charge in [0.15, 0.2) is 10.3 Å². The molecule has 0 saturated heterocycles. The fourth-order valence-electron chi connectivity index (χ4n) is 0.918. The molecule has 74 valence electrons. The summed E-state index contributed by atoms with van der Waals surface area (Å²) in [5, 5.41) is 5.24. The monoisotopic (exact) mass is 244 g/mol. The molecule has 2 N–H and O–H groups in total. The van der Waals surface area contributed by atoms with Gasteiger partial charge >= 0.3 is 0 Å². The maximum atomic E-state index is 10.7. The Morgan fingerprint density at radius 3 is 2.46 bits per heavy atom. The highest BCUT2D eigenvalue weighted by molar-refractivity contribution is 7.86. The van der Waals surface area contributed by atoms with Crippen molar-refractivity contribution >= 4 is 33.3 Å². The van der Waals surface area contributed by atoms with Crippen molar-refractivity contribution in [1.29, 1.82) is 0 Å². The van der Waals surface area contributed by atoms with Gasteiger partial charge in [-0.25, -0.2) is 0 Å². The van der Waals surface area contributed by atoms with E-state index in [1.54, 1.807) is 0 Å². The lowest BCUT2D eigenvalue weighted by Crippen LogP contribution is -2.42. The lowest BCUT2D eigenvalue weighted by Gasteiger charge is -2.27. The number of halogens is 2. The lowest BCUT2D eigenvalue weighted by atomic mass is 10.1. The van der Waals surface area contributed by atoms with Gasteiger partial charge in [-0.1, -0.05) is 35.4 Å². The molecule has 1 rings (SSSR count). The third-order valence-electron chi connectivity index (χ3n) is 1.56. The Morgan fingerprint density at radius 2 is 2.08 bits per heavy atom. The molecule has 0 aromatic carbocycles. The van der Waals surface area contributed by atoms with E-state index in [9.17, 15) is 13.5 Å². The first-order valence-electron chi connectivity index (χ1n) is 3.18. The van der Waals surface area contributed by atoms with E-state index in [1.165, 1.54) is 12.2 Å². The van der Waals surface area contributed by atoms with E-state index in [0.717, 1.165) is 6.08 Å². The standard InChI is InChI=1S/C6H6Cl2O4S/c7-4-2-1-3-5(6(4,8)9)13(10,11)12/h1-3,5,9H,(H,10,11,12). The van der Waals surface area contributed by atoms with Crippen molar-refractivity contribution in [2.45, 2.75) is 10.3 Å². The zero-order chi connectivity index (χ0) is 10.3. The summed E-state index contributed by atoms with van der Waals surface area (Å²) in [6.07, 6.45) is 3.59. The van der Waals surface area contributed by atoms with Crippen LogP contribution in [0.5, 0.6) is 0 Å². The van der Waals surface area contributed by atoms with Crippen LogP contribution in [0.25, 0.3) is 0 Å². The highest BCUT2D eigenvalue weighted by atomic mass is 35.5. The second-order valence-electron chi connectivity index (χ2n) is 2.51. The quantitative estimate of drug-likeness (QED) is 0.530. The summed E-state index contributed by atoms with van der Waals surface area (Å²) in [4.78, 5) is 0. The molecular formula is C6H6Cl2O4S. The predicted molar refractivity (Wildman–Crippen MR) is 49.2 cm³/mol. The van der Waals surface area contributed by atoms with Crippen LogP contribution in [0, 0.1) is 0 Å². The van der Waals surface area contributed by atoms with Gasteiger partial charge in [0.1, 0.15) is 0 Å². The van der Waals surface area contributed by atoms with Gasteiger partial charge in [-0.3, -0.25) is 4.55 Å². The van der Waals surface area contributed by atoms with Crippen LogP contribution in [0.2, 0.25) is 0 Å². The van der Waals surface area contributed by atoms with E-state index in [-0.39, 0.29) is 5.03 Å². The van der Waals surface area contributed by atoms with Crippen molar-refractivity contribution in [3.8, 4) is 0 Å². The molecule has 1 aliphatic carbocycles. The first-order valence-corrected chi connectivity index (χ1v) is 5.44. The largest absolute Gasteiger partial charge is 0.369 e. The summed E-state index contributed by atoms with van der Waals surface area (Å²) in [7, 11) is -4.46. The fourth-order valence-corrected chi connectivity index (χ4v) is 2.46. The van der Waals surface area contributed by atoms with E-state index >= 15 is 0 Å². The molecule has 0 aliphatic heterocycles. The predicted octanol–water partition coefficient (Wildman–Crippen LogP) is 0.863. The number of hydrogen-bond acceptors (Lipinski definition) is 3. The van der Waals surface area contributed by atoms with Gasteiger partial charge < -0.3 is 5.11 Å². The highest BCUT2D eigenvalue weighted by Crippen LogP contribution is 2.35. The van der Waals surface area contributed by atoms with Crippen LogP contribution < -0.4 is 0 Å². The minimum absolute atomic E-state index is 0.251. The number of alkyl halides is 1. The molecule has 0 bridgehead atoms. The van der Waals surface area contributed by atoms with Crippen molar-refractivity contribution in [2.75, 3.05) is 0 Å². The minimum atomic E-state index is -4.46. The van der Waals surface area contributed by atoms with Gasteiger partial charge in [-0.2, -0.15) is 8.42 Å². The first kappa shape index (κ1) is 11.0. The van der Waals surface area contributed by atoms with Gasteiger partial charge in [-0.15, -0.1) is 0 Å². The number of rotatable bonds is 1. The molecule has 1 aliphatic rings. The van der Waals surface area contributed by atoms with E-state index in [4.69, 9.17) is 27.8 Å². The summed E-state index contributed by atoms with van der Waals surface area (Å²) >= 11 is 10.9. The summed E-state index contributed by atoms with van der Waals surface area (Å²) in [5.41, 5.74) is 0. The number of aliphatic hydroxyl groups is 1. The third-order valence-corrected chi connectivity index (χ3v) is 3.78. The average Bonchev–Trinajstić information content (AvgIpc) is 1.92. The molecule has 0 radical (unpaired) electrons. The van der Waals surface area contributed by atoms with Crippen LogP contribution in [0.3, 0.4) is 0 Å². The molecule has 0 fully saturated rings. The SMILES string of the molecule is O=S(=O)(O)C1C=CC=C(Cl)C1(O)Cl. The summed E-state index contributed by atoms with van der Waals surface area (Å²) in [6, 6.07) is 0. The third kappa shape index (κ3) is 2.05. The van der Waals surface area contributed by atoms with Crippen LogP contribution in [0.15, 0.2) is 23.3 Å². The Bertz CT molecular complexity index is 368. The first-order chi connectivity index (χ1) is 5.76. The van der Waals surface area contributed by atoms with Crippen LogP contribution in [-0.4, -0.2) is 28.4 Å². The Hall–Kier alpha value is -0.0700. The van der Waals surface area contributed by atoms with Crippen molar-refractivity contribution in [2.24, 2.45) is 0 Å². The topological polar surface area (TPSA) is 74.6 Å². The number of allylic oxidation sites excluding steroid dienone is 2. The van der Waals surface area contributed by atoms with Crippen LogP contribution in [0.1, 0.15) is 0 Å². The second kappa shape index (κ2) is 3.25. The highest BCUT2D eigenvalue weighted by Gasteiger charge is 2.45. The number of hydrogen-bond donors (Lipinski definition) is 2. The molecule has 0 amide bonds. The second-order valence-corrected chi connectivity index (χ2v) is 5.03. The maximum absolute atomic E-state index is 10.7. The van der Waals surface area contributed by atoms with Crippen LogP contribution in [0.4, 0.5) is 0 Å². The molecule has 0 aromatic rings. The Labute approximate surface area is 85.2 Å². The van der Waals surface area contributed by atoms with Gasteiger partial charge in [0.05, 0.1) is 5.03 Å². The molecule has 13 heavy (non-hydrogen) atoms. The van der Waals surface area contributed by atoms with Gasteiger partial charge in [0, 0.05) is 0 Å². The minimum Gasteiger partial charge on any atom is -0.369 e. The van der Waals surface area contributed by atoms with Crippen molar-refractivity contribution in [1.82, 2.24) is 0 Å². The van der Waals surface area contributed by atoms with E-state index in [2.05, 4.69) is 0 Å². The molecule has 7 heteroatoms. The average molecular weight is 245 g/mol. The molecule has 4 nitrogen and oxygen atoms in total. The Balaban J connectivity index is 3.18. The van der Waals surface area contributed by atoms with E-state index in [0.29, 0.717) is 0 Å². The zero-order valence-corrected chi connectivity index (χ0v) is 8.51. The zero-order valence-electron chi connectivity index (χ0n) is 6.18. The van der Waals surface area contributed by atoms with Gasteiger partial charge in [-0.05, 0) is 6.08 Å². The lowest BCUT2D eigenvalue weighted by molar-refractivity contribution is 0.175. The Morgan fingerprint density at radius 1 is 1.54 bits per heavy atom. The molecular weight excluding hydrogens is 239 g/mol. The van der Waals surface area contributed by atoms with Crippen molar-refractivity contribution in [3.05, 3.63) is 23.3 Å². The van der Waals surface area contributed by atoms with Gasteiger partial charge in [0.2, 0.25) is 0 Å². The van der Waals surface area contributed by atoms with Crippen LogP contribution >= 0.6 is 23.2 Å². The molecule has 0 saturated carbocycles. The van der Waals surface area contributed by atoms with Crippen molar-refractivity contribution < 1.29 is 18.1 Å². The van der Waals surface area contributed by atoms with E-state index in [1.807, 2.05) is 0 Å². The summed E-state index contributed by atoms with van der Waals surface area (Å²) in [6.45, 7) is 0.